The van der Waals surface area contributed by atoms with Crippen LogP contribution in [-0.2, 0) is 0 Å². The summed E-state index contributed by atoms with van der Waals surface area (Å²) in [6, 6.07) is 11.5. The first-order chi connectivity index (χ1) is 9.26. The average molecular weight is 261 g/mol. The summed E-state index contributed by atoms with van der Waals surface area (Å²) in [5.74, 6) is 1.54. The van der Waals surface area contributed by atoms with Crippen LogP contribution in [0, 0.1) is 11.8 Å². The van der Waals surface area contributed by atoms with Crippen LogP contribution in [0.3, 0.4) is 0 Å². The molecule has 0 saturated carbocycles. The summed E-state index contributed by atoms with van der Waals surface area (Å²) >= 11 is 0. The van der Waals surface area contributed by atoms with E-state index in [4.69, 9.17) is 0 Å². The summed E-state index contributed by atoms with van der Waals surface area (Å²) < 4.78 is 0. The highest BCUT2D eigenvalue weighted by atomic mass is 14.9. The van der Waals surface area contributed by atoms with E-state index in [2.05, 4.69) is 63.3 Å². The smallest absolute Gasteiger partial charge is 0.0348 e. The van der Waals surface area contributed by atoms with Crippen LogP contribution in [-0.4, -0.2) is 6.54 Å². The third-order valence-corrected chi connectivity index (χ3v) is 4.46. The third kappa shape index (κ3) is 4.99. The molecule has 0 heterocycles. The maximum atomic E-state index is 3.84. The second kappa shape index (κ2) is 9.14. The maximum absolute atomic E-state index is 3.84. The zero-order valence-corrected chi connectivity index (χ0v) is 13.2. The maximum Gasteiger partial charge on any atom is 0.0348 e. The van der Waals surface area contributed by atoms with Crippen molar-refractivity contribution in [2.45, 2.75) is 59.4 Å². The van der Waals surface area contributed by atoms with Gasteiger partial charge < -0.3 is 5.32 Å². The molecule has 0 fully saturated rings. The van der Waals surface area contributed by atoms with Crippen molar-refractivity contribution in [1.29, 1.82) is 0 Å². The van der Waals surface area contributed by atoms with E-state index in [1.54, 1.807) is 0 Å². The molecule has 1 unspecified atom stereocenters. The fourth-order valence-electron chi connectivity index (χ4n) is 2.85. The molecule has 0 amide bonds. The first kappa shape index (κ1) is 16.2. The van der Waals surface area contributed by atoms with Crippen LogP contribution in [0.5, 0.6) is 0 Å². The second-order valence-electron chi connectivity index (χ2n) is 5.56. The lowest BCUT2D eigenvalue weighted by atomic mass is 9.88. The molecule has 108 valence electrons. The summed E-state index contributed by atoms with van der Waals surface area (Å²) in [6.45, 7) is 10.4. The third-order valence-electron chi connectivity index (χ3n) is 4.46. The molecule has 0 spiro atoms. The van der Waals surface area contributed by atoms with Crippen molar-refractivity contribution in [2.75, 3.05) is 6.54 Å². The quantitative estimate of drug-likeness (QED) is 0.645. The van der Waals surface area contributed by atoms with Crippen LogP contribution >= 0.6 is 0 Å². The van der Waals surface area contributed by atoms with Gasteiger partial charge in [0.05, 0.1) is 0 Å². The van der Waals surface area contributed by atoms with E-state index in [0.29, 0.717) is 6.04 Å². The van der Waals surface area contributed by atoms with Crippen LogP contribution < -0.4 is 5.32 Å². The predicted octanol–water partition coefficient (Wildman–Crippen LogP) is 5.19. The highest BCUT2D eigenvalue weighted by Crippen LogP contribution is 2.27. The molecule has 0 aliphatic heterocycles. The standard InChI is InChI=1S/C18H31N/c1-5-15(6-2)14-19-18(16(7-3)8-4)17-12-10-9-11-13-17/h9-13,15-16,18-19H,5-8,14H2,1-4H3. The summed E-state index contributed by atoms with van der Waals surface area (Å²) in [5, 5.41) is 3.84. The van der Waals surface area contributed by atoms with Crippen molar-refractivity contribution >= 4 is 0 Å². The van der Waals surface area contributed by atoms with Crippen molar-refractivity contribution in [3.8, 4) is 0 Å². The first-order valence-corrected chi connectivity index (χ1v) is 8.04. The zero-order valence-electron chi connectivity index (χ0n) is 13.2. The van der Waals surface area contributed by atoms with Gasteiger partial charge in [0.2, 0.25) is 0 Å². The van der Waals surface area contributed by atoms with Gasteiger partial charge >= 0.3 is 0 Å². The molecule has 0 radical (unpaired) electrons. The van der Waals surface area contributed by atoms with Crippen molar-refractivity contribution in [3.05, 3.63) is 35.9 Å². The highest BCUT2D eigenvalue weighted by Gasteiger charge is 2.20. The Balaban J connectivity index is 2.75. The minimum atomic E-state index is 0.511. The fraction of sp³-hybridized carbons (Fsp3) is 0.667. The van der Waals surface area contributed by atoms with E-state index in [1.165, 1.54) is 31.2 Å². The molecule has 1 aromatic rings. The lowest BCUT2D eigenvalue weighted by Gasteiger charge is -2.29. The molecule has 0 aliphatic rings. The van der Waals surface area contributed by atoms with Crippen LogP contribution in [0.15, 0.2) is 30.3 Å². The van der Waals surface area contributed by atoms with E-state index in [1.807, 2.05) is 0 Å². The van der Waals surface area contributed by atoms with Gasteiger partial charge in [-0.3, -0.25) is 0 Å². The first-order valence-electron chi connectivity index (χ1n) is 8.04. The Kier molecular flexibility index (Phi) is 7.81. The van der Waals surface area contributed by atoms with Gasteiger partial charge in [0.15, 0.2) is 0 Å². The molecule has 19 heavy (non-hydrogen) atoms. The predicted molar refractivity (Wildman–Crippen MR) is 85.3 cm³/mol. The Bertz CT molecular complexity index is 312. The monoisotopic (exact) mass is 261 g/mol. The molecule has 0 bridgehead atoms. The second-order valence-corrected chi connectivity index (χ2v) is 5.56. The molecular formula is C18H31N. The molecule has 1 heteroatoms. The normalized spacial score (nSPS) is 13.2. The Morgan fingerprint density at radius 1 is 0.842 bits per heavy atom. The summed E-state index contributed by atoms with van der Waals surface area (Å²) in [4.78, 5) is 0. The van der Waals surface area contributed by atoms with Gasteiger partial charge in [-0.1, -0.05) is 83.7 Å². The van der Waals surface area contributed by atoms with Gasteiger partial charge in [-0.2, -0.15) is 0 Å². The average Bonchev–Trinajstić information content (AvgIpc) is 2.48. The lowest BCUT2D eigenvalue weighted by molar-refractivity contribution is 0.313. The minimum absolute atomic E-state index is 0.511. The van der Waals surface area contributed by atoms with Crippen molar-refractivity contribution in [1.82, 2.24) is 5.32 Å². The summed E-state index contributed by atoms with van der Waals surface area (Å²) in [6.07, 6.45) is 5.03. The van der Waals surface area contributed by atoms with Gasteiger partial charge in [0.25, 0.3) is 0 Å². The largest absolute Gasteiger partial charge is 0.309 e. The molecule has 0 aromatic heterocycles. The van der Waals surface area contributed by atoms with Crippen LogP contribution in [0.4, 0.5) is 0 Å². The van der Waals surface area contributed by atoms with E-state index >= 15 is 0 Å². The van der Waals surface area contributed by atoms with Crippen LogP contribution in [0.1, 0.15) is 65.0 Å². The number of hydrogen-bond donors (Lipinski definition) is 1. The van der Waals surface area contributed by atoms with Gasteiger partial charge in [-0.25, -0.2) is 0 Å². The number of rotatable bonds is 9. The lowest BCUT2D eigenvalue weighted by Crippen LogP contribution is -2.31. The molecule has 1 aromatic carbocycles. The van der Waals surface area contributed by atoms with Crippen molar-refractivity contribution in [3.63, 3.8) is 0 Å². The zero-order chi connectivity index (χ0) is 14.1. The number of hydrogen-bond acceptors (Lipinski definition) is 1. The minimum Gasteiger partial charge on any atom is -0.309 e. The Morgan fingerprint density at radius 2 is 1.42 bits per heavy atom. The molecule has 1 rings (SSSR count). The Labute approximate surface area is 119 Å². The molecule has 0 aliphatic carbocycles. The number of nitrogens with one attached hydrogen (secondary N) is 1. The van der Waals surface area contributed by atoms with E-state index in [0.717, 1.165) is 18.4 Å². The SMILES string of the molecule is CCC(CC)CNC(c1ccccc1)C(CC)CC. The van der Waals surface area contributed by atoms with Crippen LogP contribution in [0.2, 0.25) is 0 Å². The van der Waals surface area contributed by atoms with E-state index < -0.39 is 0 Å². The van der Waals surface area contributed by atoms with Gasteiger partial charge in [0, 0.05) is 6.04 Å². The summed E-state index contributed by atoms with van der Waals surface area (Å²) in [5.41, 5.74) is 1.45. The van der Waals surface area contributed by atoms with Crippen molar-refractivity contribution < 1.29 is 0 Å². The fourth-order valence-corrected chi connectivity index (χ4v) is 2.85. The molecular weight excluding hydrogens is 230 g/mol. The molecule has 0 saturated heterocycles. The van der Waals surface area contributed by atoms with E-state index in [9.17, 15) is 0 Å². The Hall–Kier alpha value is -0.820. The molecule has 1 N–H and O–H groups in total. The highest BCUT2D eigenvalue weighted by molar-refractivity contribution is 5.19. The van der Waals surface area contributed by atoms with Gasteiger partial charge in [-0.05, 0) is 23.9 Å². The molecule has 1 nitrogen and oxygen atoms in total. The van der Waals surface area contributed by atoms with Crippen molar-refractivity contribution in [2.24, 2.45) is 11.8 Å². The van der Waals surface area contributed by atoms with Crippen LogP contribution in [0.25, 0.3) is 0 Å². The topological polar surface area (TPSA) is 12.0 Å². The van der Waals surface area contributed by atoms with Gasteiger partial charge in [-0.15, -0.1) is 0 Å². The molecule has 1 atom stereocenters. The Morgan fingerprint density at radius 3 is 1.89 bits per heavy atom. The van der Waals surface area contributed by atoms with Gasteiger partial charge in [0.1, 0.15) is 0 Å². The number of benzene rings is 1. The van der Waals surface area contributed by atoms with E-state index in [-0.39, 0.29) is 0 Å². The summed E-state index contributed by atoms with van der Waals surface area (Å²) in [7, 11) is 0.